The van der Waals surface area contributed by atoms with Gasteiger partial charge in [0.2, 0.25) is 0 Å². The molecule has 1 aliphatic heterocycles. The van der Waals surface area contributed by atoms with Crippen LogP contribution in [0.15, 0.2) is 22.8 Å². The minimum Gasteiger partial charge on any atom is -0.378 e. The van der Waals surface area contributed by atoms with Crippen molar-refractivity contribution in [3.63, 3.8) is 0 Å². The molecule has 0 aromatic carbocycles. The quantitative estimate of drug-likeness (QED) is 0.856. The number of hydrogen-bond acceptors (Lipinski definition) is 4. The zero-order valence-electron chi connectivity index (χ0n) is 9.44. The summed E-state index contributed by atoms with van der Waals surface area (Å²) in [6.45, 7) is 1.47. The van der Waals surface area contributed by atoms with Gasteiger partial charge in [-0.3, -0.25) is 4.79 Å². The third-order valence-electron chi connectivity index (χ3n) is 2.75. The molecule has 1 saturated heterocycles. The molecule has 6 heteroatoms. The fourth-order valence-corrected chi connectivity index (χ4v) is 2.27. The fourth-order valence-electron chi connectivity index (χ4n) is 1.84. The molecule has 1 amide bonds. The van der Waals surface area contributed by atoms with E-state index in [1.807, 2.05) is 0 Å². The number of pyridine rings is 1. The van der Waals surface area contributed by atoms with E-state index in [4.69, 9.17) is 4.74 Å². The van der Waals surface area contributed by atoms with E-state index in [0.29, 0.717) is 16.7 Å². The molecule has 1 unspecified atom stereocenters. The molecule has 1 aliphatic rings. The Morgan fingerprint density at radius 3 is 3.18 bits per heavy atom. The van der Waals surface area contributed by atoms with Gasteiger partial charge in [-0.1, -0.05) is 0 Å². The molecule has 5 nitrogen and oxygen atoms in total. The molecule has 1 aromatic heterocycles. The molecular weight excluding hydrogens is 286 g/mol. The van der Waals surface area contributed by atoms with E-state index in [9.17, 15) is 4.79 Å². The largest absolute Gasteiger partial charge is 0.378 e. The predicted octanol–water partition coefficient (Wildman–Crippen LogP) is 0.561. The highest BCUT2D eigenvalue weighted by molar-refractivity contribution is 9.10. The van der Waals surface area contributed by atoms with Crippen molar-refractivity contribution in [1.82, 2.24) is 15.6 Å². The number of rotatable bonds is 3. The summed E-state index contributed by atoms with van der Waals surface area (Å²) in [5, 5.41) is 6.09. The standard InChI is InChI=1S/C11H14BrN3O2/c1-17-9-6-13-5-8(9)15-11(16)10-7(12)3-2-4-14-10/h2-4,8-9,13H,5-6H2,1H3,(H,15,16)/t8?,9-/m0/s1. The Balaban J connectivity index is 2.04. The molecule has 2 rings (SSSR count). The molecule has 92 valence electrons. The Morgan fingerprint density at radius 1 is 1.65 bits per heavy atom. The van der Waals surface area contributed by atoms with Crippen LogP contribution in [-0.2, 0) is 4.74 Å². The van der Waals surface area contributed by atoms with Crippen LogP contribution in [0, 0.1) is 0 Å². The average molecular weight is 300 g/mol. The van der Waals surface area contributed by atoms with Crippen molar-refractivity contribution in [3.8, 4) is 0 Å². The van der Waals surface area contributed by atoms with E-state index in [0.717, 1.165) is 6.54 Å². The number of carbonyl (C=O) groups is 1. The number of ether oxygens (including phenoxy) is 1. The van der Waals surface area contributed by atoms with E-state index < -0.39 is 0 Å². The smallest absolute Gasteiger partial charge is 0.271 e. The minimum absolute atomic E-state index is 0.0126. The van der Waals surface area contributed by atoms with Crippen LogP contribution in [0.5, 0.6) is 0 Å². The summed E-state index contributed by atoms with van der Waals surface area (Å²) in [5.74, 6) is -0.187. The fraction of sp³-hybridized carbons (Fsp3) is 0.455. The molecule has 2 atom stereocenters. The van der Waals surface area contributed by atoms with Gasteiger partial charge in [0.05, 0.1) is 12.1 Å². The van der Waals surface area contributed by atoms with Crippen molar-refractivity contribution >= 4 is 21.8 Å². The summed E-state index contributed by atoms with van der Waals surface area (Å²) >= 11 is 3.31. The zero-order chi connectivity index (χ0) is 12.3. The molecule has 0 aliphatic carbocycles. The Morgan fingerprint density at radius 2 is 2.47 bits per heavy atom. The van der Waals surface area contributed by atoms with Gasteiger partial charge in [0, 0.05) is 30.9 Å². The van der Waals surface area contributed by atoms with Gasteiger partial charge in [-0.2, -0.15) is 0 Å². The van der Waals surface area contributed by atoms with Crippen molar-refractivity contribution in [2.24, 2.45) is 0 Å². The van der Waals surface area contributed by atoms with E-state index in [2.05, 4.69) is 31.5 Å². The van der Waals surface area contributed by atoms with Gasteiger partial charge in [-0.15, -0.1) is 0 Å². The van der Waals surface area contributed by atoms with Crippen LogP contribution in [0.25, 0.3) is 0 Å². The van der Waals surface area contributed by atoms with Gasteiger partial charge < -0.3 is 15.4 Å². The van der Waals surface area contributed by atoms with Crippen LogP contribution in [0.4, 0.5) is 0 Å². The van der Waals surface area contributed by atoms with Crippen LogP contribution in [0.3, 0.4) is 0 Å². The van der Waals surface area contributed by atoms with Crippen molar-refractivity contribution < 1.29 is 9.53 Å². The topological polar surface area (TPSA) is 63.2 Å². The maximum absolute atomic E-state index is 12.0. The van der Waals surface area contributed by atoms with E-state index >= 15 is 0 Å². The summed E-state index contributed by atoms with van der Waals surface area (Å²) in [4.78, 5) is 16.0. The molecule has 0 spiro atoms. The number of nitrogens with zero attached hydrogens (tertiary/aromatic N) is 1. The van der Waals surface area contributed by atoms with Gasteiger partial charge in [0.15, 0.2) is 0 Å². The lowest BCUT2D eigenvalue weighted by Gasteiger charge is -2.18. The number of aromatic nitrogens is 1. The monoisotopic (exact) mass is 299 g/mol. The number of methoxy groups -OCH3 is 1. The normalized spacial score (nSPS) is 23.6. The van der Waals surface area contributed by atoms with E-state index in [1.165, 1.54) is 0 Å². The number of amides is 1. The van der Waals surface area contributed by atoms with Crippen LogP contribution in [-0.4, -0.2) is 43.2 Å². The van der Waals surface area contributed by atoms with Crippen LogP contribution < -0.4 is 10.6 Å². The first-order valence-electron chi connectivity index (χ1n) is 5.37. The van der Waals surface area contributed by atoms with Gasteiger partial charge in [0.25, 0.3) is 5.91 Å². The minimum atomic E-state index is -0.187. The Bertz CT molecular complexity index is 413. The summed E-state index contributed by atoms with van der Waals surface area (Å²) in [5.41, 5.74) is 0.397. The summed E-state index contributed by atoms with van der Waals surface area (Å²) in [6.07, 6.45) is 1.61. The van der Waals surface area contributed by atoms with Crippen molar-refractivity contribution in [1.29, 1.82) is 0 Å². The molecule has 1 fully saturated rings. The van der Waals surface area contributed by atoms with Crippen molar-refractivity contribution in [3.05, 3.63) is 28.5 Å². The van der Waals surface area contributed by atoms with Crippen LogP contribution in [0.1, 0.15) is 10.5 Å². The van der Waals surface area contributed by atoms with Crippen molar-refractivity contribution in [2.75, 3.05) is 20.2 Å². The Labute approximate surface area is 108 Å². The zero-order valence-corrected chi connectivity index (χ0v) is 11.0. The second kappa shape index (κ2) is 5.57. The summed E-state index contributed by atoms with van der Waals surface area (Å²) < 4.78 is 5.97. The van der Waals surface area contributed by atoms with Gasteiger partial charge in [-0.25, -0.2) is 4.98 Å². The third kappa shape index (κ3) is 2.83. The van der Waals surface area contributed by atoms with E-state index in [-0.39, 0.29) is 18.1 Å². The first-order chi connectivity index (χ1) is 8.22. The molecule has 0 saturated carbocycles. The summed E-state index contributed by atoms with van der Waals surface area (Å²) in [7, 11) is 1.65. The Kier molecular flexibility index (Phi) is 4.09. The molecule has 2 N–H and O–H groups in total. The molecule has 1 aromatic rings. The highest BCUT2D eigenvalue weighted by atomic mass is 79.9. The van der Waals surface area contributed by atoms with Gasteiger partial charge in [0.1, 0.15) is 5.69 Å². The van der Waals surface area contributed by atoms with E-state index in [1.54, 1.807) is 25.4 Å². The second-order valence-electron chi connectivity index (χ2n) is 3.85. The number of nitrogens with one attached hydrogen (secondary N) is 2. The SMILES string of the molecule is CO[C@H]1CNCC1NC(=O)c1ncccc1Br. The molecule has 2 heterocycles. The maximum Gasteiger partial charge on any atom is 0.271 e. The highest BCUT2D eigenvalue weighted by Crippen LogP contribution is 2.14. The molecular formula is C11H14BrN3O2. The van der Waals surface area contributed by atoms with Gasteiger partial charge >= 0.3 is 0 Å². The van der Waals surface area contributed by atoms with Crippen LogP contribution in [0.2, 0.25) is 0 Å². The lowest BCUT2D eigenvalue weighted by atomic mass is 10.2. The molecule has 0 bridgehead atoms. The third-order valence-corrected chi connectivity index (χ3v) is 3.39. The Hall–Kier alpha value is -0.980. The van der Waals surface area contributed by atoms with Crippen LogP contribution >= 0.6 is 15.9 Å². The highest BCUT2D eigenvalue weighted by Gasteiger charge is 2.29. The van der Waals surface area contributed by atoms with Crippen molar-refractivity contribution in [2.45, 2.75) is 12.1 Å². The first kappa shape index (κ1) is 12.5. The summed E-state index contributed by atoms with van der Waals surface area (Å²) in [6, 6.07) is 3.56. The number of hydrogen-bond donors (Lipinski definition) is 2. The lowest BCUT2D eigenvalue weighted by Crippen LogP contribution is -2.43. The molecule has 17 heavy (non-hydrogen) atoms. The average Bonchev–Trinajstić information content (AvgIpc) is 2.76. The predicted molar refractivity (Wildman–Crippen MR) is 66.9 cm³/mol. The molecule has 0 radical (unpaired) electrons. The maximum atomic E-state index is 12.0. The number of carbonyl (C=O) groups excluding carboxylic acids is 1. The number of halogens is 1. The second-order valence-corrected chi connectivity index (χ2v) is 4.70. The lowest BCUT2D eigenvalue weighted by molar-refractivity contribution is 0.0775. The van der Waals surface area contributed by atoms with Gasteiger partial charge in [-0.05, 0) is 28.1 Å². The first-order valence-corrected chi connectivity index (χ1v) is 6.16.